The predicted molar refractivity (Wildman–Crippen MR) is 89.3 cm³/mol. The molecule has 3 N–H and O–H groups in total. The lowest BCUT2D eigenvalue weighted by atomic mass is 9.98. The van der Waals surface area contributed by atoms with E-state index in [4.69, 9.17) is 5.11 Å². The minimum Gasteiger partial charge on any atom is -0.465 e. The molecule has 1 amide bonds. The maximum atomic E-state index is 10.4. The molecule has 2 atom stereocenters. The molecule has 0 spiro atoms. The zero-order valence-electron chi connectivity index (χ0n) is 12.6. The molecule has 1 aliphatic carbocycles. The Labute approximate surface area is 135 Å². The highest BCUT2D eigenvalue weighted by molar-refractivity contribution is 7.99. The van der Waals surface area contributed by atoms with Gasteiger partial charge in [0.1, 0.15) is 0 Å². The van der Waals surface area contributed by atoms with E-state index in [0.29, 0.717) is 12.3 Å². The zero-order valence-corrected chi connectivity index (χ0v) is 13.4. The second kappa shape index (κ2) is 8.86. The fourth-order valence-electron chi connectivity index (χ4n) is 2.52. The van der Waals surface area contributed by atoms with Gasteiger partial charge < -0.3 is 15.5 Å². The molecule has 5 heteroatoms. The van der Waals surface area contributed by atoms with Gasteiger partial charge in [-0.05, 0) is 49.3 Å². The van der Waals surface area contributed by atoms with Crippen LogP contribution in [0.1, 0.15) is 37.4 Å². The van der Waals surface area contributed by atoms with E-state index in [0.717, 1.165) is 16.2 Å². The van der Waals surface area contributed by atoms with E-state index in [-0.39, 0.29) is 6.54 Å². The first kappa shape index (κ1) is 16.9. The predicted octanol–water partition coefficient (Wildman–Crippen LogP) is 3.83. The largest absolute Gasteiger partial charge is 0.465 e. The Balaban J connectivity index is 1.84. The van der Waals surface area contributed by atoms with Crippen molar-refractivity contribution in [3.63, 3.8) is 0 Å². The molecule has 0 radical (unpaired) electrons. The number of rotatable bonds is 7. The van der Waals surface area contributed by atoms with Crippen molar-refractivity contribution in [3.8, 4) is 0 Å². The van der Waals surface area contributed by atoms with E-state index in [2.05, 4.69) is 23.5 Å². The van der Waals surface area contributed by atoms with Crippen molar-refractivity contribution < 1.29 is 15.0 Å². The van der Waals surface area contributed by atoms with Gasteiger partial charge in [0.05, 0.1) is 6.10 Å². The molecule has 0 aromatic heterocycles. The Morgan fingerprint density at radius 3 is 3.05 bits per heavy atom. The fourth-order valence-corrected chi connectivity index (χ4v) is 3.60. The lowest BCUT2D eigenvalue weighted by Gasteiger charge is -2.16. The van der Waals surface area contributed by atoms with Gasteiger partial charge in [-0.1, -0.05) is 24.3 Å². The molecule has 1 aliphatic rings. The lowest BCUT2D eigenvalue weighted by molar-refractivity contribution is 0.162. The molecule has 22 heavy (non-hydrogen) atoms. The van der Waals surface area contributed by atoms with Gasteiger partial charge in [-0.15, -0.1) is 11.8 Å². The topological polar surface area (TPSA) is 69.6 Å². The van der Waals surface area contributed by atoms with Crippen LogP contribution in [0.5, 0.6) is 0 Å². The van der Waals surface area contributed by atoms with Crippen LogP contribution in [-0.4, -0.2) is 28.6 Å². The van der Waals surface area contributed by atoms with E-state index < -0.39 is 12.2 Å². The first-order valence-electron chi connectivity index (χ1n) is 7.69. The molecular formula is C17H23NO3S. The lowest BCUT2D eigenvalue weighted by Crippen LogP contribution is -2.23. The Kier molecular flexibility index (Phi) is 6.80. The number of carboxylic acid groups (broad SMARTS) is 1. The number of benzene rings is 1. The van der Waals surface area contributed by atoms with Crippen LogP contribution in [0.4, 0.5) is 4.79 Å². The SMILES string of the molecule is O=C(O)NCCC(O)c1cccc(SCC2C=CCCC2)c1. The maximum absolute atomic E-state index is 10.4. The van der Waals surface area contributed by atoms with Crippen molar-refractivity contribution in [2.24, 2.45) is 5.92 Å². The minimum absolute atomic E-state index is 0.251. The van der Waals surface area contributed by atoms with Gasteiger partial charge in [0.15, 0.2) is 0 Å². The second-order valence-electron chi connectivity index (χ2n) is 5.54. The van der Waals surface area contributed by atoms with Crippen molar-refractivity contribution in [2.45, 2.75) is 36.7 Å². The number of carbonyl (C=O) groups is 1. The Bertz CT molecular complexity index is 518. The average Bonchev–Trinajstić information content (AvgIpc) is 2.54. The number of amides is 1. The van der Waals surface area contributed by atoms with Crippen LogP contribution in [0.25, 0.3) is 0 Å². The van der Waals surface area contributed by atoms with Crippen LogP contribution in [0.2, 0.25) is 0 Å². The van der Waals surface area contributed by atoms with Gasteiger partial charge >= 0.3 is 6.09 Å². The molecule has 4 nitrogen and oxygen atoms in total. The summed E-state index contributed by atoms with van der Waals surface area (Å²) in [6.45, 7) is 0.251. The number of hydrogen-bond acceptors (Lipinski definition) is 3. The highest BCUT2D eigenvalue weighted by Crippen LogP contribution is 2.28. The normalized spacial score (nSPS) is 18.9. The molecule has 0 bridgehead atoms. The van der Waals surface area contributed by atoms with Crippen LogP contribution in [0.3, 0.4) is 0 Å². The van der Waals surface area contributed by atoms with Gasteiger partial charge in [0.2, 0.25) is 0 Å². The first-order valence-corrected chi connectivity index (χ1v) is 8.68. The molecule has 0 fully saturated rings. The number of aliphatic hydroxyl groups is 1. The number of aliphatic hydroxyl groups excluding tert-OH is 1. The molecule has 120 valence electrons. The monoisotopic (exact) mass is 321 g/mol. The molecule has 0 saturated heterocycles. The molecule has 0 saturated carbocycles. The summed E-state index contributed by atoms with van der Waals surface area (Å²) in [5, 5.41) is 20.9. The highest BCUT2D eigenvalue weighted by atomic mass is 32.2. The summed E-state index contributed by atoms with van der Waals surface area (Å²) in [6.07, 6.45) is 7.00. The summed E-state index contributed by atoms with van der Waals surface area (Å²) < 4.78 is 0. The first-order chi connectivity index (χ1) is 10.6. The van der Waals surface area contributed by atoms with Gasteiger partial charge in [0.25, 0.3) is 0 Å². The van der Waals surface area contributed by atoms with Crippen LogP contribution in [-0.2, 0) is 0 Å². The molecular weight excluding hydrogens is 298 g/mol. The van der Waals surface area contributed by atoms with E-state index >= 15 is 0 Å². The second-order valence-corrected chi connectivity index (χ2v) is 6.63. The van der Waals surface area contributed by atoms with Gasteiger partial charge in [0, 0.05) is 17.2 Å². The van der Waals surface area contributed by atoms with Crippen LogP contribution in [0, 0.1) is 5.92 Å². The molecule has 2 unspecified atom stereocenters. The minimum atomic E-state index is -1.06. The Morgan fingerprint density at radius 2 is 2.32 bits per heavy atom. The number of hydrogen-bond donors (Lipinski definition) is 3. The summed E-state index contributed by atoms with van der Waals surface area (Å²) in [6, 6.07) is 7.89. The van der Waals surface area contributed by atoms with E-state index in [9.17, 15) is 9.90 Å². The molecule has 0 aliphatic heterocycles. The quantitative estimate of drug-likeness (QED) is 0.527. The summed E-state index contributed by atoms with van der Waals surface area (Å²) >= 11 is 1.82. The van der Waals surface area contributed by atoms with Crippen LogP contribution in [0.15, 0.2) is 41.3 Å². The van der Waals surface area contributed by atoms with Gasteiger partial charge in [-0.25, -0.2) is 4.79 Å². The molecule has 1 aromatic rings. The summed E-state index contributed by atoms with van der Waals surface area (Å²) in [7, 11) is 0. The maximum Gasteiger partial charge on any atom is 0.404 e. The smallest absolute Gasteiger partial charge is 0.404 e. The number of nitrogens with one attached hydrogen (secondary N) is 1. The van der Waals surface area contributed by atoms with Crippen LogP contribution >= 0.6 is 11.8 Å². The third-order valence-electron chi connectivity index (χ3n) is 3.75. The summed E-state index contributed by atoms with van der Waals surface area (Å²) in [5.41, 5.74) is 0.844. The zero-order chi connectivity index (χ0) is 15.8. The van der Waals surface area contributed by atoms with Crippen molar-refractivity contribution >= 4 is 17.9 Å². The molecule has 2 rings (SSSR count). The molecule has 1 aromatic carbocycles. The third kappa shape index (κ3) is 5.73. The van der Waals surface area contributed by atoms with E-state index in [1.807, 2.05) is 30.0 Å². The highest BCUT2D eigenvalue weighted by Gasteiger charge is 2.11. The third-order valence-corrected chi connectivity index (χ3v) is 4.94. The number of thioether (sulfide) groups is 1. The van der Waals surface area contributed by atoms with Crippen molar-refractivity contribution in [2.75, 3.05) is 12.3 Å². The van der Waals surface area contributed by atoms with E-state index in [1.54, 1.807) is 0 Å². The van der Waals surface area contributed by atoms with E-state index in [1.165, 1.54) is 19.3 Å². The summed E-state index contributed by atoms with van der Waals surface area (Å²) in [4.78, 5) is 11.6. The van der Waals surface area contributed by atoms with Crippen molar-refractivity contribution in [1.29, 1.82) is 0 Å². The number of allylic oxidation sites excluding steroid dienone is 2. The Hall–Kier alpha value is -1.46. The summed E-state index contributed by atoms with van der Waals surface area (Å²) in [5.74, 6) is 1.71. The van der Waals surface area contributed by atoms with Gasteiger partial charge in [-0.3, -0.25) is 0 Å². The Morgan fingerprint density at radius 1 is 1.45 bits per heavy atom. The van der Waals surface area contributed by atoms with Crippen molar-refractivity contribution in [1.82, 2.24) is 5.32 Å². The standard InChI is InChI=1S/C17H23NO3S/c19-16(9-10-18-17(20)21)14-7-4-8-15(11-14)22-12-13-5-2-1-3-6-13/h2,4-5,7-8,11,13,16,18-19H,1,3,6,9-10,12H2,(H,20,21). The van der Waals surface area contributed by atoms with Crippen LogP contribution < -0.4 is 5.32 Å². The van der Waals surface area contributed by atoms with Gasteiger partial charge in [-0.2, -0.15) is 0 Å². The average molecular weight is 321 g/mol. The fraction of sp³-hybridized carbons (Fsp3) is 0.471. The molecule has 0 heterocycles. The van der Waals surface area contributed by atoms with Crippen molar-refractivity contribution in [3.05, 3.63) is 42.0 Å².